The maximum atomic E-state index is 13.3. The molecule has 3 rings (SSSR count). The number of nitrogens with one attached hydrogen (secondary N) is 1. The minimum absolute atomic E-state index is 0.0125. The molecule has 1 aliphatic rings. The first-order valence-corrected chi connectivity index (χ1v) is 12.4. The summed E-state index contributed by atoms with van der Waals surface area (Å²) in [5.41, 5.74) is 0.688. The highest BCUT2D eigenvalue weighted by Gasteiger charge is 2.39. The van der Waals surface area contributed by atoms with Crippen molar-refractivity contribution in [3.05, 3.63) is 92.6 Å². The standard InChI is InChI=1S/C25H25FN2O7S/c1-4-34-24(29)21-15(3)27-20(14-36(33)19-11-9-17(26)10-12-19)23(25(30)35-5-2)22(21)16-7-6-8-18(13-16)28(31)32/h6-13,22,27H,4-5,14H2,1-3H3. The lowest BCUT2D eigenvalue weighted by Crippen LogP contribution is -2.35. The highest BCUT2D eigenvalue weighted by Crippen LogP contribution is 2.40. The summed E-state index contributed by atoms with van der Waals surface area (Å²) < 4.78 is 37.0. The lowest BCUT2D eigenvalue weighted by atomic mass is 9.80. The van der Waals surface area contributed by atoms with Gasteiger partial charge in [-0.15, -0.1) is 0 Å². The van der Waals surface area contributed by atoms with Crippen LogP contribution in [0.1, 0.15) is 32.3 Å². The molecule has 36 heavy (non-hydrogen) atoms. The molecule has 190 valence electrons. The Labute approximate surface area is 209 Å². The molecule has 2 aromatic carbocycles. The molecule has 0 radical (unpaired) electrons. The number of nitrogens with zero attached hydrogens (tertiary/aromatic N) is 1. The van der Waals surface area contributed by atoms with Crippen molar-refractivity contribution in [1.29, 1.82) is 0 Å². The number of nitro groups is 1. The third kappa shape index (κ3) is 5.85. The first kappa shape index (κ1) is 26.7. The zero-order valence-electron chi connectivity index (χ0n) is 19.9. The van der Waals surface area contributed by atoms with Crippen LogP contribution in [-0.2, 0) is 29.9 Å². The monoisotopic (exact) mass is 516 g/mol. The second kappa shape index (κ2) is 11.7. The molecule has 0 aliphatic carbocycles. The van der Waals surface area contributed by atoms with Crippen molar-refractivity contribution in [3.8, 4) is 0 Å². The Morgan fingerprint density at radius 3 is 2.25 bits per heavy atom. The highest BCUT2D eigenvalue weighted by atomic mass is 32.2. The molecule has 1 aliphatic heterocycles. The maximum Gasteiger partial charge on any atom is 0.336 e. The normalized spacial score (nSPS) is 16.3. The maximum absolute atomic E-state index is 13.3. The number of allylic oxidation sites excluding steroid dienone is 1. The van der Waals surface area contributed by atoms with Crippen LogP contribution < -0.4 is 5.32 Å². The second-order valence-corrected chi connectivity index (χ2v) is 9.18. The topological polar surface area (TPSA) is 125 Å². The largest absolute Gasteiger partial charge is 0.463 e. The summed E-state index contributed by atoms with van der Waals surface area (Å²) in [7, 11) is -1.70. The Hall–Kier alpha value is -3.86. The molecule has 1 N–H and O–H groups in total. The van der Waals surface area contributed by atoms with Crippen molar-refractivity contribution in [2.75, 3.05) is 19.0 Å². The first-order chi connectivity index (χ1) is 17.2. The minimum atomic E-state index is -1.70. The molecule has 0 spiro atoms. The molecule has 11 heteroatoms. The van der Waals surface area contributed by atoms with Crippen LogP contribution in [0.4, 0.5) is 10.1 Å². The Balaban J connectivity index is 2.21. The third-order valence-corrected chi connectivity index (χ3v) is 6.75. The Kier molecular flexibility index (Phi) is 8.70. The SMILES string of the molecule is CCOC(=O)C1=C(C)NC(CS(=O)c2ccc(F)cc2)=C(C(=O)OCC)C1c1cccc([N+](=O)[O-])c1. The predicted molar refractivity (Wildman–Crippen MR) is 130 cm³/mol. The second-order valence-electron chi connectivity index (χ2n) is 7.73. The highest BCUT2D eigenvalue weighted by molar-refractivity contribution is 7.85. The van der Waals surface area contributed by atoms with Gasteiger partial charge >= 0.3 is 11.9 Å². The third-order valence-electron chi connectivity index (χ3n) is 5.40. The van der Waals surface area contributed by atoms with Gasteiger partial charge in [0.1, 0.15) is 5.82 Å². The van der Waals surface area contributed by atoms with Gasteiger partial charge in [0, 0.05) is 28.4 Å². The van der Waals surface area contributed by atoms with Crippen LogP contribution >= 0.6 is 0 Å². The molecule has 1 heterocycles. The number of dihydropyridines is 1. The molecule has 2 unspecified atom stereocenters. The fraction of sp³-hybridized carbons (Fsp3) is 0.280. The zero-order chi connectivity index (χ0) is 26.4. The summed E-state index contributed by atoms with van der Waals surface area (Å²) in [5.74, 6) is -3.23. The lowest BCUT2D eigenvalue weighted by molar-refractivity contribution is -0.384. The van der Waals surface area contributed by atoms with E-state index >= 15 is 0 Å². The van der Waals surface area contributed by atoms with Crippen LogP contribution in [0.15, 0.2) is 76.0 Å². The van der Waals surface area contributed by atoms with Crippen molar-refractivity contribution >= 4 is 28.4 Å². The van der Waals surface area contributed by atoms with E-state index in [4.69, 9.17) is 9.47 Å². The number of benzene rings is 2. The number of hydrogen-bond donors (Lipinski definition) is 1. The van der Waals surface area contributed by atoms with E-state index in [2.05, 4.69) is 5.32 Å². The summed E-state index contributed by atoms with van der Waals surface area (Å²) in [5, 5.41) is 14.4. The minimum Gasteiger partial charge on any atom is -0.463 e. The molecule has 0 saturated heterocycles. The van der Waals surface area contributed by atoms with Gasteiger partial charge < -0.3 is 14.8 Å². The molecule has 0 amide bonds. The number of esters is 2. The van der Waals surface area contributed by atoms with E-state index in [0.29, 0.717) is 16.2 Å². The average Bonchev–Trinajstić information content (AvgIpc) is 2.84. The Morgan fingerprint density at radius 1 is 1.06 bits per heavy atom. The van der Waals surface area contributed by atoms with Crippen molar-refractivity contribution in [1.82, 2.24) is 5.32 Å². The van der Waals surface area contributed by atoms with E-state index < -0.39 is 39.4 Å². The van der Waals surface area contributed by atoms with Gasteiger partial charge in [0.05, 0.1) is 51.8 Å². The van der Waals surface area contributed by atoms with Gasteiger partial charge in [-0.3, -0.25) is 14.3 Å². The first-order valence-electron chi connectivity index (χ1n) is 11.1. The quantitative estimate of drug-likeness (QED) is 0.302. The molecule has 2 aromatic rings. The fourth-order valence-electron chi connectivity index (χ4n) is 3.89. The van der Waals surface area contributed by atoms with E-state index in [0.717, 1.165) is 0 Å². The number of rotatable bonds is 9. The number of carbonyl (C=O) groups excluding carboxylic acids is 2. The van der Waals surface area contributed by atoms with Crippen LogP contribution in [0.3, 0.4) is 0 Å². The lowest BCUT2D eigenvalue weighted by Gasteiger charge is -2.31. The van der Waals surface area contributed by atoms with E-state index in [-0.39, 0.29) is 41.5 Å². The molecule has 0 fully saturated rings. The Morgan fingerprint density at radius 2 is 1.67 bits per heavy atom. The van der Waals surface area contributed by atoms with Crippen molar-refractivity contribution in [3.63, 3.8) is 0 Å². The van der Waals surface area contributed by atoms with Gasteiger partial charge in [0.25, 0.3) is 5.69 Å². The molecule has 0 saturated carbocycles. The molecular formula is C25H25FN2O7S. The predicted octanol–water partition coefficient (Wildman–Crippen LogP) is 3.88. The van der Waals surface area contributed by atoms with Gasteiger partial charge in [0.2, 0.25) is 0 Å². The number of carbonyl (C=O) groups is 2. The molecule has 9 nitrogen and oxygen atoms in total. The van der Waals surface area contributed by atoms with Crippen molar-refractivity contribution in [2.24, 2.45) is 0 Å². The van der Waals surface area contributed by atoms with Crippen molar-refractivity contribution < 1.29 is 32.6 Å². The number of nitro benzene ring substituents is 1. The molecule has 0 aromatic heterocycles. The van der Waals surface area contributed by atoms with Gasteiger partial charge in [0.15, 0.2) is 0 Å². The van der Waals surface area contributed by atoms with E-state index in [1.54, 1.807) is 26.8 Å². The molecule has 2 atom stereocenters. The van der Waals surface area contributed by atoms with Gasteiger partial charge in [-0.05, 0) is 50.6 Å². The van der Waals surface area contributed by atoms with Crippen LogP contribution in [-0.4, -0.2) is 40.0 Å². The summed E-state index contributed by atoms with van der Waals surface area (Å²) >= 11 is 0. The smallest absolute Gasteiger partial charge is 0.336 e. The molecular weight excluding hydrogens is 491 g/mol. The van der Waals surface area contributed by atoms with Gasteiger partial charge in [-0.1, -0.05) is 12.1 Å². The summed E-state index contributed by atoms with van der Waals surface area (Å²) in [4.78, 5) is 37.4. The number of hydrogen-bond acceptors (Lipinski definition) is 8. The van der Waals surface area contributed by atoms with Crippen LogP contribution in [0.2, 0.25) is 0 Å². The van der Waals surface area contributed by atoms with E-state index in [9.17, 15) is 28.3 Å². The van der Waals surface area contributed by atoms with Crippen LogP contribution in [0.25, 0.3) is 0 Å². The fourth-order valence-corrected chi connectivity index (χ4v) is 4.99. The Bertz CT molecular complexity index is 1270. The van der Waals surface area contributed by atoms with E-state index in [1.165, 1.54) is 42.5 Å². The molecule has 0 bridgehead atoms. The number of non-ortho nitro benzene ring substituents is 1. The van der Waals surface area contributed by atoms with Gasteiger partial charge in [-0.25, -0.2) is 14.0 Å². The summed E-state index contributed by atoms with van der Waals surface area (Å²) in [6.45, 7) is 4.93. The van der Waals surface area contributed by atoms with Crippen LogP contribution in [0, 0.1) is 15.9 Å². The zero-order valence-corrected chi connectivity index (χ0v) is 20.7. The van der Waals surface area contributed by atoms with E-state index in [1.807, 2.05) is 0 Å². The van der Waals surface area contributed by atoms with Gasteiger partial charge in [-0.2, -0.15) is 0 Å². The summed E-state index contributed by atoms with van der Waals surface area (Å²) in [6, 6.07) is 10.7. The number of ether oxygens (including phenoxy) is 2. The summed E-state index contributed by atoms with van der Waals surface area (Å²) in [6.07, 6.45) is 0. The van der Waals surface area contributed by atoms with Crippen LogP contribution in [0.5, 0.6) is 0 Å². The number of halogens is 1. The van der Waals surface area contributed by atoms with Crippen molar-refractivity contribution in [2.45, 2.75) is 31.6 Å². The average molecular weight is 517 g/mol.